The van der Waals surface area contributed by atoms with Gasteiger partial charge in [-0.05, 0) is 50.6 Å². The SMILES string of the molecule is c1ccc(-c2cnc3c4c(ccc3c2)CC2=C(c3cccc5cccc2c35)N4c2cccc3ccccc23)cc1. The summed E-state index contributed by atoms with van der Waals surface area (Å²) in [5.41, 5.74) is 12.4. The fourth-order valence-corrected chi connectivity index (χ4v) is 6.87. The zero-order valence-electron chi connectivity index (χ0n) is 21.8. The summed E-state index contributed by atoms with van der Waals surface area (Å²) in [7, 11) is 0. The van der Waals surface area contributed by atoms with Crippen molar-refractivity contribution in [3.8, 4) is 11.1 Å². The molecule has 2 heteroatoms. The number of aromatic nitrogens is 1. The monoisotopic (exact) mass is 508 g/mol. The molecule has 2 heterocycles. The zero-order valence-corrected chi connectivity index (χ0v) is 21.8. The number of hydrogen-bond acceptors (Lipinski definition) is 2. The topological polar surface area (TPSA) is 16.1 Å². The minimum absolute atomic E-state index is 0.887. The van der Waals surface area contributed by atoms with Crippen molar-refractivity contribution < 1.29 is 0 Å². The second-order valence-corrected chi connectivity index (χ2v) is 10.8. The van der Waals surface area contributed by atoms with Gasteiger partial charge in [-0.3, -0.25) is 4.98 Å². The largest absolute Gasteiger partial charge is 0.306 e. The Morgan fingerprint density at radius 3 is 2.23 bits per heavy atom. The Kier molecular flexibility index (Phi) is 4.42. The van der Waals surface area contributed by atoms with Crippen LogP contribution in [-0.2, 0) is 6.42 Å². The number of allylic oxidation sites excluding steroid dienone is 1. The van der Waals surface area contributed by atoms with Crippen LogP contribution in [0.15, 0.2) is 134 Å². The van der Waals surface area contributed by atoms with Gasteiger partial charge < -0.3 is 4.90 Å². The molecule has 6 aromatic carbocycles. The van der Waals surface area contributed by atoms with Crippen LogP contribution >= 0.6 is 0 Å². The Bertz CT molecular complexity index is 2180. The highest BCUT2D eigenvalue weighted by Crippen LogP contribution is 2.54. The molecular formula is C38H24N2. The standard InChI is InChI=1S/C38H24N2/c1-2-9-24(10-3-1)29-21-27-19-20-28-22-33-31-16-6-13-26-14-7-17-32(35(26)31)38(33)40(37(28)36(27)39-23-29)34-18-8-12-25-11-4-5-15-30(25)34/h1-21,23H,22H2. The molecule has 0 amide bonds. The molecule has 186 valence electrons. The summed E-state index contributed by atoms with van der Waals surface area (Å²) in [6, 6.07) is 46.2. The highest BCUT2D eigenvalue weighted by Gasteiger charge is 2.36. The molecule has 1 aliphatic carbocycles. The molecule has 0 fully saturated rings. The van der Waals surface area contributed by atoms with Gasteiger partial charge in [0.2, 0.25) is 0 Å². The number of fused-ring (bicyclic) bond motifs is 6. The van der Waals surface area contributed by atoms with Crippen molar-refractivity contribution in [3.05, 3.63) is 150 Å². The lowest BCUT2D eigenvalue weighted by Crippen LogP contribution is -2.22. The minimum Gasteiger partial charge on any atom is -0.306 e. The van der Waals surface area contributed by atoms with E-state index in [0.717, 1.165) is 22.9 Å². The number of hydrogen-bond donors (Lipinski definition) is 0. The van der Waals surface area contributed by atoms with E-state index < -0.39 is 0 Å². The molecule has 2 aliphatic rings. The fraction of sp³-hybridized carbons (Fsp3) is 0.0263. The van der Waals surface area contributed by atoms with Crippen molar-refractivity contribution in [2.45, 2.75) is 6.42 Å². The van der Waals surface area contributed by atoms with Crippen molar-refractivity contribution in [1.29, 1.82) is 0 Å². The first kappa shape index (κ1) is 21.7. The van der Waals surface area contributed by atoms with Gasteiger partial charge in [0.25, 0.3) is 0 Å². The van der Waals surface area contributed by atoms with E-state index in [4.69, 9.17) is 4.98 Å². The third kappa shape index (κ3) is 2.96. The molecule has 0 saturated heterocycles. The Hall–Kier alpha value is -5.21. The molecule has 0 bridgehead atoms. The molecule has 0 saturated carbocycles. The Balaban J connectivity index is 1.37. The summed E-state index contributed by atoms with van der Waals surface area (Å²) in [5.74, 6) is 0. The Morgan fingerprint density at radius 1 is 0.575 bits per heavy atom. The number of anilines is 2. The lowest BCUT2D eigenvalue weighted by atomic mass is 9.90. The van der Waals surface area contributed by atoms with Gasteiger partial charge in [-0.15, -0.1) is 0 Å². The normalized spacial score (nSPS) is 13.8. The first-order chi connectivity index (χ1) is 19.8. The average molecular weight is 509 g/mol. The van der Waals surface area contributed by atoms with Crippen LogP contribution in [0.5, 0.6) is 0 Å². The fourth-order valence-electron chi connectivity index (χ4n) is 6.87. The van der Waals surface area contributed by atoms with Crippen molar-refractivity contribution in [1.82, 2.24) is 4.98 Å². The summed E-state index contributed by atoms with van der Waals surface area (Å²) in [6.07, 6.45) is 2.92. The molecule has 0 unspecified atom stereocenters. The van der Waals surface area contributed by atoms with Crippen molar-refractivity contribution in [2.24, 2.45) is 0 Å². The van der Waals surface area contributed by atoms with E-state index in [0.29, 0.717) is 0 Å². The van der Waals surface area contributed by atoms with Crippen LogP contribution in [0.1, 0.15) is 16.7 Å². The van der Waals surface area contributed by atoms with Crippen LogP contribution in [0.4, 0.5) is 11.4 Å². The van der Waals surface area contributed by atoms with Gasteiger partial charge in [0.15, 0.2) is 0 Å². The molecule has 0 radical (unpaired) electrons. The average Bonchev–Trinajstić information content (AvgIpc) is 3.34. The molecule has 7 aromatic rings. The van der Waals surface area contributed by atoms with Gasteiger partial charge in [-0.1, -0.05) is 115 Å². The van der Waals surface area contributed by atoms with E-state index >= 15 is 0 Å². The van der Waals surface area contributed by atoms with Gasteiger partial charge in [0.05, 0.1) is 22.6 Å². The quantitative estimate of drug-likeness (QED) is 0.231. The van der Waals surface area contributed by atoms with Crippen LogP contribution in [0.3, 0.4) is 0 Å². The molecule has 1 aliphatic heterocycles. The maximum absolute atomic E-state index is 5.17. The minimum atomic E-state index is 0.887. The molecule has 2 nitrogen and oxygen atoms in total. The van der Waals surface area contributed by atoms with E-state index in [-0.39, 0.29) is 0 Å². The first-order valence-corrected chi connectivity index (χ1v) is 13.9. The van der Waals surface area contributed by atoms with E-state index in [1.54, 1.807) is 0 Å². The maximum atomic E-state index is 5.17. The number of nitrogens with zero attached hydrogens (tertiary/aromatic N) is 2. The number of pyridine rings is 1. The predicted octanol–water partition coefficient (Wildman–Crippen LogP) is 9.78. The molecule has 9 rings (SSSR count). The van der Waals surface area contributed by atoms with Crippen LogP contribution in [0.25, 0.3) is 54.8 Å². The van der Waals surface area contributed by atoms with Gasteiger partial charge in [0.1, 0.15) is 0 Å². The second kappa shape index (κ2) is 8.14. The summed E-state index contributed by atoms with van der Waals surface area (Å²) in [6.45, 7) is 0. The van der Waals surface area contributed by atoms with Gasteiger partial charge in [-0.25, -0.2) is 0 Å². The van der Waals surface area contributed by atoms with E-state index in [2.05, 4.69) is 132 Å². The number of rotatable bonds is 2. The van der Waals surface area contributed by atoms with Crippen LogP contribution in [-0.4, -0.2) is 4.98 Å². The van der Waals surface area contributed by atoms with E-state index in [9.17, 15) is 0 Å². The van der Waals surface area contributed by atoms with Gasteiger partial charge in [-0.2, -0.15) is 0 Å². The second-order valence-electron chi connectivity index (χ2n) is 10.8. The van der Waals surface area contributed by atoms with Crippen molar-refractivity contribution in [3.63, 3.8) is 0 Å². The third-order valence-corrected chi connectivity index (χ3v) is 8.61. The van der Waals surface area contributed by atoms with Crippen LogP contribution in [0, 0.1) is 0 Å². The lowest BCUT2D eigenvalue weighted by molar-refractivity contribution is 1.18. The molecular weight excluding hydrogens is 484 g/mol. The Morgan fingerprint density at radius 2 is 1.32 bits per heavy atom. The zero-order chi connectivity index (χ0) is 26.2. The number of benzene rings is 6. The Labute approximate surface area is 232 Å². The van der Waals surface area contributed by atoms with Crippen LogP contribution in [0.2, 0.25) is 0 Å². The summed E-state index contributed by atoms with van der Waals surface area (Å²) in [4.78, 5) is 7.69. The molecule has 0 atom stereocenters. The van der Waals surface area contributed by atoms with Gasteiger partial charge >= 0.3 is 0 Å². The first-order valence-electron chi connectivity index (χ1n) is 13.9. The molecule has 40 heavy (non-hydrogen) atoms. The molecule has 0 spiro atoms. The smallest absolute Gasteiger partial charge is 0.0945 e. The highest BCUT2D eigenvalue weighted by molar-refractivity contribution is 6.22. The third-order valence-electron chi connectivity index (χ3n) is 8.61. The molecule has 0 N–H and O–H groups in total. The van der Waals surface area contributed by atoms with Crippen LogP contribution < -0.4 is 4.90 Å². The predicted molar refractivity (Wildman–Crippen MR) is 168 cm³/mol. The summed E-state index contributed by atoms with van der Waals surface area (Å²) >= 11 is 0. The summed E-state index contributed by atoms with van der Waals surface area (Å²) in [5, 5.41) is 6.29. The maximum Gasteiger partial charge on any atom is 0.0945 e. The molecule has 1 aromatic heterocycles. The van der Waals surface area contributed by atoms with E-state index in [1.165, 1.54) is 66.4 Å². The van der Waals surface area contributed by atoms with Crippen molar-refractivity contribution >= 4 is 55.1 Å². The summed E-state index contributed by atoms with van der Waals surface area (Å²) < 4.78 is 0. The van der Waals surface area contributed by atoms with E-state index in [1.807, 2.05) is 6.20 Å². The highest BCUT2D eigenvalue weighted by atomic mass is 15.2. The lowest BCUT2D eigenvalue weighted by Gasteiger charge is -2.35. The van der Waals surface area contributed by atoms with Gasteiger partial charge in [0, 0.05) is 34.5 Å². The van der Waals surface area contributed by atoms with Crippen molar-refractivity contribution in [2.75, 3.05) is 4.90 Å².